The summed E-state index contributed by atoms with van der Waals surface area (Å²) in [6.07, 6.45) is -7.95. The van der Waals surface area contributed by atoms with Crippen LogP contribution in [0.1, 0.15) is 18.0 Å². The minimum absolute atomic E-state index is 0.333. The van der Waals surface area contributed by atoms with Crippen LogP contribution < -0.4 is 16.2 Å². The zero-order chi connectivity index (χ0) is 13.8. The average Bonchev–Trinajstić information content (AvgIpc) is 2.29. The maximum absolute atomic E-state index is 12.7. The van der Waals surface area contributed by atoms with Crippen molar-refractivity contribution in [3.8, 4) is 5.75 Å². The SMILES string of the molecule is NCC[C@H](N)c1cccc(OC(F)(F)C(F)F)c1. The van der Waals surface area contributed by atoms with Gasteiger partial charge in [0.05, 0.1) is 0 Å². The van der Waals surface area contributed by atoms with Crippen molar-refractivity contribution in [2.75, 3.05) is 6.54 Å². The smallest absolute Gasteiger partial charge is 0.428 e. The Morgan fingerprint density at radius 1 is 1.28 bits per heavy atom. The van der Waals surface area contributed by atoms with E-state index in [9.17, 15) is 17.6 Å². The summed E-state index contributed by atoms with van der Waals surface area (Å²) < 4.78 is 53.3. The molecule has 1 aromatic carbocycles. The molecule has 0 radical (unpaired) electrons. The topological polar surface area (TPSA) is 61.3 Å². The summed E-state index contributed by atoms with van der Waals surface area (Å²) in [7, 11) is 0. The number of rotatable bonds is 6. The summed E-state index contributed by atoms with van der Waals surface area (Å²) in [5.41, 5.74) is 11.5. The molecule has 1 rings (SSSR count). The molecule has 102 valence electrons. The van der Waals surface area contributed by atoms with Crippen LogP contribution in [0, 0.1) is 0 Å². The molecule has 0 aliphatic heterocycles. The largest absolute Gasteiger partial charge is 0.461 e. The van der Waals surface area contributed by atoms with Gasteiger partial charge in [-0.15, -0.1) is 0 Å². The fourth-order valence-corrected chi connectivity index (χ4v) is 1.36. The van der Waals surface area contributed by atoms with E-state index in [1.165, 1.54) is 12.1 Å². The van der Waals surface area contributed by atoms with Crippen LogP contribution in [0.2, 0.25) is 0 Å². The molecule has 7 heteroatoms. The van der Waals surface area contributed by atoms with Crippen molar-refractivity contribution in [1.82, 2.24) is 0 Å². The summed E-state index contributed by atoms with van der Waals surface area (Å²) in [5.74, 6) is -0.356. The molecule has 4 N–H and O–H groups in total. The number of benzene rings is 1. The highest BCUT2D eigenvalue weighted by Crippen LogP contribution is 2.29. The van der Waals surface area contributed by atoms with Gasteiger partial charge in [0, 0.05) is 6.04 Å². The first-order valence-electron chi connectivity index (χ1n) is 5.27. The van der Waals surface area contributed by atoms with Gasteiger partial charge < -0.3 is 16.2 Å². The third-order valence-electron chi connectivity index (χ3n) is 2.27. The molecule has 0 amide bonds. The number of alkyl halides is 4. The predicted octanol–water partition coefficient (Wildman–Crippen LogP) is 2.27. The first-order valence-corrected chi connectivity index (χ1v) is 5.27. The molecule has 18 heavy (non-hydrogen) atoms. The standard InChI is InChI=1S/C11H14F4N2O/c12-10(13)11(14,15)18-8-3-1-2-7(6-8)9(17)4-5-16/h1-3,6,9-10H,4-5,16-17H2/t9-/m0/s1. The summed E-state index contributed by atoms with van der Waals surface area (Å²) in [4.78, 5) is 0. The van der Waals surface area contributed by atoms with Crippen molar-refractivity contribution in [3.63, 3.8) is 0 Å². The zero-order valence-electron chi connectivity index (χ0n) is 9.45. The highest BCUT2D eigenvalue weighted by Gasteiger charge is 2.43. The van der Waals surface area contributed by atoms with Crippen LogP contribution in [0.25, 0.3) is 0 Å². The molecule has 0 aliphatic rings. The number of hydrogen-bond acceptors (Lipinski definition) is 3. The van der Waals surface area contributed by atoms with Crippen LogP contribution in [0.5, 0.6) is 5.75 Å². The molecule has 0 heterocycles. The zero-order valence-corrected chi connectivity index (χ0v) is 9.45. The molecule has 0 aromatic heterocycles. The maximum Gasteiger partial charge on any atom is 0.461 e. The molecule has 0 unspecified atom stereocenters. The van der Waals surface area contributed by atoms with E-state index in [1.807, 2.05) is 0 Å². The van der Waals surface area contributed by atoms with Crippen LogP contribution in [-0.4, -0.2) is 19.1 Å². The highest BCUT2D eigenvalue weighted by molar-refractivity contribution is 5.30. The third kappa shape index (κ3) is 3.85. The lowest BCUT2D eigenvalue weighted by molar-refractivity contribution is -0.253. The number of ether oxygens (including phenoxy) is 1. The Kier molecular flexibility index (Phi) is 4.92. The van der Waals surface area contributed by atoms with E-state index < -0.39 is 18.6 Å². The second-order valence-corrected chi connectivity index (χ2v) is 3.72. The lowest BCUT2D eigenvalue weighted by Gasteiger charge is -2.18. The molecule has 1 aromatic rings. The minimum Gasteiger partial charge on any atom is -0.428 e. The molecule has 0 bridgehead atoms. The van der Waals surface area contributed by atoms with E-state index in [0.717, 1.165) is 6.07 Å². The van der Waals surface area contributed by atoms with Crippen molar-refractivity contribution >= 4 is 0 Å². The van der Waals surface area contributed by atoms with Crippen LogP contribution >= 0.6 is 0 Å². The summed E-state index contributed by atoms with van der Waals surface area (Å²) in [6, 6.07) is 4.92. The Balaban J connectivity index is 2.82. The van der Waals surface area contributed by atoms with Gasteiger partial charge >= 0.3 is 12.5 Å². The van der Waals surface area contributed by atoms with Gasteiger partial charge in [-0.1, -0.05) is 12.1 Å². The highest BCUT2D eigenvalue weighted by atomic mass is 19.3. The van der Waals surface area contributed by atoms with Gasteiger partial charge in [-0.3, -0.25) is 0 Å². The Morgan fingerprint density at radius 3 is 2.50 bits per heavy atom. The second kappa shape index (κ2) is 6.01. The first kappa shape index (κ1) is 14.7. The molecule has 1 atom stereocenters. The second-order valence-electron chi connectivity index (χ2n) is 3.72. The Morgan fingerprint density at radius 2 is 1.94 bits per heavy atom. The van der Waals surface area contributed by atoms with Gasteiger partial charge in [0.1, 0.15) is 5.75 Å². The molecule has 0 aliphatic carbocycles. The van der Waals surface area contributed by atoms with E-state index in [1.54, 1.807) is 6.07 Å². The molecular formula is C11H14F4N2O. The van der Waals surface area contributed by atoms with Gasteiger partial charge in [-0.05, 0) is 30.7 Å². The van der Waals surface area contributed by atoms with E-state index in [-0.39, 0.29) is 5.75 Å². The van der Waals surface area contributed by atoms with Crippen LogP contribution in [0.3, 0.4) is 0 Å². The lowest BCUT2D eigenvalue weighted by atomic mass is 10.0. The Labute approximate surface area is 102 Å². The Bertz CT molecular complexity index is 387. The monoisotopic (exact) mass is 266 g/mol. The number of halogens is 4. The van der Waals surface area contributed by atoms with Gasteiger partial charge in [0.25, 0.3) is 0 Å². The van der Waals surface area contributed by atoms with Crippen molar-refractivity contribution in [1.29, 1.82) is 0 Å². The predicted molar refractivity (Wildman–Crippen MR) is 58.6 cm³/mol. The molecule has 3 nitrogen and oxygen atoms in total. The fraction of sp³-hybridized carbons (Fsp3) is 0.455. The molecule has 0 saturated heterocycles. The lowest BCUT2D eigenvalue weighted by Crippen LogP contribution is -2.33. The average molecular weight is 266 g/mol. The molecular weight excluding hydrogens is 252 g/mol. The van der Waals surface area contributed by atoms with E-state index in [2.05, 4.69) is 4.74 Å². The van der Waals surface area contributed by atoms with Crippen molar-refractivity contribution < 1.29 is 22.3 Å². The van der Waals surface area contributed by atoms with Gasteiger partial charge in [0.15, 0.2) is 0 Å². The molecule has 0 spiro atoms. The van der Waals surface area contributed by atoms with Gasteiger partial charge in [0.2, 0.25) is 0 Å². The van der Waals surface area contributed by atoms with Gasteiger partial charge in [-0.25, -0.2) is 0 Å². The fourth-order valence-electron chi connectivity index (χ4n) is 1.36. The van der Waals surface area contributed by atoms with Crippen LogP contribution in [0.15, 0.2) is 24.3 Å². The van der Waals surface area contributed by atoms with E-state index in [0.29, 0.717) is 18.5 Å². The number of nitrogens with two attached hydrogens (primary N) is 2. The molecule has 0 saturated carbocycles. The first-order chi connectivity index (χ1) is 8.36. The maximum atomic E-state index is 12.7. The Hall–Kier alpha value is -1.34. The van der Waals surface area contributed by atoms with Crippen LogP contribution in [-0.2, 0) is 0 Å². The third-order valence-corrected chi connectivity index (χ3v) is 2.27. The van der Waals surface area contributed by atoms with Crippen LogP contribution in [0.4, 0.5) is 17.6 Å². The number of hydrogen-bond donors (Lipinski definition) is 2. The van der Waals surface area contributed by atoms with E-state index in [4.69, 9.17) is 11.5 Å². The summed E-state index contributed by atoms with van der Waals surface area (Å²) >= 11 is 0. The van der Waals surface area contributed by atoms with Gasteiger partial charge in [-0.2, -0.15) is 17.6 Å². The van der Waals surface area contributed by atoms with Crippen molar-refractivity contribution in [3.05, 3.63) is 29.8 Å². The normalized spacial score (nSPS) is 13.7. The van der Waals surface area contributed by atoms with Crippen molar-refractivity contribution in [2.24, 2.45) is 11.5 Å². The van der Waals surface area contributed by atoms with E-state index >= 15 is 0 Å². The minimum atomic E-state index is -4.52. The summed E-state index contributed by atoms with van der Waals surface area (Å²) in [5, 5.41) is 0. The quantitative estimate of drug-likeness (QED) is 0.776. The summed E-state index contributed by atoms with van der Waals surface area (Å²) in [6.45, 7) is 0.333. The molecule has 0 fully saturated rings. The van der Waals surface area contributed by atoms with Crippen molar-refractivity contribution in [2.45, 2.75) is 25.0 Å².